The number of benzene rings is 1. The van der Waals surface area contributed by atoms with Crippen molar-refractivity contribution in [1.29, 1.82) is 0 Å². The molecule has 1 atom stereocenters. The minimum atomic E-state index is -0.0531. The van der Waals surface area contributed by atoms with E-state index in [4.69, 9.17) is 0 Å². The molecule has 3 heteroatoms. The third-order valence-electron chi connectivity index (χ3n) is 4.80. The average Bonchev–Trinajstić information content (AvgIpc) is 3.10. The number of hydrogen-bond acceptors (Lipinski definition) is 1. The topological polar surface area (TPSA) is 12.0 Å². The Kier molecular flexibility index (Phi) is 4.77. The first kappa shape index (κ1) is 14.5. The van der Waals surface area contributed by atoms with E-state index in [9.17, 15) is 4.39 Å². The zero-order valence-corrected chi connectivity index (χ0v) is 13.5. The fraction of sp³-hybridized carbons (Fsp3) is 0.647. The smallest absolute Gasteiger partial charge is 0.126 e. The van der Waals surface area contributed by atoms with Crippen LogP contribution in [0.4, 0.5) is 4.39 Å². The highest BCUT2D eigenvalue weighted by atomic mass is 79.9. The van der Waals surface area contributed by atoms with Crippen LogP contribution in [-0.2, 0) is 6.42 Å². The average molecular weight is 340 g/mol. The first-order chi connectivity index (χ1) is 9.72. The summed E-state index contributed by atoms with van der Waals surface area (Å²) < 4.78 is 15.0. The van der Waals surface area contributed by atoms with Gasteiger partial charge in [-0.15, -0.1) is 0 Å². The monoisotopic (exact) mass is 339 g/mol. The van der Waals surface area contributed by atoms with E-state index in [1.807, 2.05) is 6.07 Å². The van der Waals surface area contributed by atoms with Gasteiger partial charge in [-0.1, -0.05) is 41.6 Å². The zero-order valence-electron chi connectivity index (χ0n) is 11.9. The van der Waals surface area contributed by atoms with Crippen molar-refractivity contribution in [2.24, 2.45) is 11.8 Å². The van der Waals surface area contributed by atoms with Crippen LogP contribution in [0.3, 0.4) is 0 Å². The molecule has 110 valence electrons. The molecule has 0 aliphatic heterocycles. The van der Waals surface area contributed by atoms with E-state index >= 15 is 0 Å². The summed E-state index contributed by atoms with van der Waals surface area (Å²) in [5.74, 6) is 1.31. The zero-order chi connectivity index (χ0) is 13.9. The highest BCUT2D eigenvalue weighted by Gasteiger charge is 2.28. The maximum atomic E-state index is 14.0. The van der Waals surface area contributed by atoms with Gasteiger partial charge in [-0.2, -0.15) is 0 Å². The standard InChI is InChI=1S/C17H23BrFN/c18-15-5-8-17(19)13(10-15)9-14(11-20-16-6-7-16)12-3-1-2-4-12/h5,8,10,12,14,16,20H,1-4,6-7,9,11H2. The Morgan fingerprint density at radius 3 is 2.65 bits per heavy atom. The van der Waals surface area contributed by atoms with Crippen LogP contribution in [0, 0.1) is 17.7 Å². The Morgan fingerprint density at radius 1 is 1.20 bits per heavy atom. The van der Waals surface area contributed by atoms with E-state index in [2.05, 4.69) is 21.2 Å². The van der Waals surface area contributed by atoms with E-state index in [1.165, 1.54) is 38.5 Å². The van der Waals surface area contributed by atoms with Gasteiger partial charge in [0.15, 0.2) is 0 Å². The quantitative estimate of drug-likeness (QED) is 0.792. The number of nitrogens with one attached hydrogen (secondary N) is 1. The van der Waals surface area contributed by atoms with Crippen molar-refractivity contribution < 1.29 is 4.39 Å². The summed E-state index contributed by atoms with van der Waals surface area (Å²) in [5.41, 5.74) is 0.869. The number of halogens is 2. The third kappa shape index (κ3) is 3.82. The molecule has 2 saturated carbocycles. The molecule has 20 heavy (non-hydrogen) atoms. The molecule has 2 fully saturated rings. The van der Waals surface area contributed by atoms with Crippen molar-refractivity contribution in [2.75, 3.05) is 6.54 Å². The molecule has 3 rings (SSSR count). The number of rotatable bonds is 6. The van der Waals surface area contributed by atoms with Crippen LogP contribution < -0.4 is 5.32 Å². The molecule has 1 unspecified atom stereocenters. The highest BCUT2D eigenvalue weighted by Crippen LogP contribution is 2.34. The normalized spacial score (nSPS) is 21.3. The van der Waals surface area contributed by atoms with Gasteiger partial charge in [0.25, 0.3) is 0 Å². The third-order valence-corrected chi connectivity index (χ3v) is 5.30. The van der Waals surface area contributed by atoms with Gasteiger partial charge >= 0.3 is 0 Å². The fourth-order valence-electron chi connectivity index (χ4n) is 3.42. The second-order valence-corrected chi connectivity index (χ2v) is 7.34. The van der Waals surface area contributed by atoms with E-state index in [-0.39, 0.29) is 5.82 Å². The van der Waals surface area contributed by atoms with Crippen LogP contribution >= 0.6 is 15.9 Å². The molecular weight excluding hydrogens is 317 g/mol. The molecule has 0 heterocycles. The van der Waals surface area contributed by atoms with Crippen LogP contribution in [0.25, 0.3) is 0 Å². The maximum Gasteiger partial charge on any atom is 0.126 e. The molecule has 1 aromatic carbocycles. The lowest BCUT2D eigenvalue weighted by Gasteiger charge is -2.24. The van der Waals surface area contributed by atoms with E-state index < -0.39 is 0 Å². The van der Waals surface area contributed by atoms with Gasteiger partial charge in [-0.05, 0) is 61.4 Å². The van der Waals surface area contributed by atoms with E-state index in [0.717, 1.165) is 35.0 Å². The molecule has 1 nitrogen and oxygen atoms in total. The summed E-state index contributed by atoms with van der Waals surface area (Å²) in [7, 11) is 0. The lowest BCUT2D eigenvalue weighted by atomic mass is 9.85. The fourth-order valence-corrected chi connectivity index (χ4v) is 3.83. The first-order valence-electron chi connectivity index (χ1n) is 7.89. The van der Waals surface area contributed by atoms with Gasteiger partial charge in [-0.25, -0.2) is 4.39 Å². The Balaban J connectivity index is 1.68. The van der Waals surface area contributed by atoms with Gasteiger partial charge in [0.05, 0.1) is 0 Å². The summed E-state index contributed by atoms with van der Waals surface area (Å²) in [6.07, 6.45) is 8.87. The predicted octanol–water partition coefficient (Wildman–Crippen LogP) is 4.69. The van der Waals surface area contributed by atoms with Crippen molar-refractivity contribution >= 4 is 15.9 Å². The number of hydrogen-bond donors (Lipinski definition) is 1. The van der Waals surface area contributed by atoms with Gasteiger partial charge < -0.3 is 5.32 Å². The second kappa shape index (κ2) is 6.57. The van der Waals surface area contributed by atoms with Crippen LogP contribution in [0.15, 0.2) is 22.7 Å². The van der Waals surface area contributed by atoms with Crippen LogP contribution in [0.2, 0.25) is 0 Å². The SMILES string of the molecule is Fc1ccc(Br)cc1CC(CNC1CC1)C1CCCC1. The summed E-state index contributed by atoms with van der Waals surface area (Å²) in [6.45, 7) is 1.06. The lowest BCUT2D eigenvalue weighted by molar-refractivity contribution is 0.317. The Hall–Kier alpha value is -0.410. The summed E-state index contributed by atoms with van der Waals surface area (Å²) in [6, 6.07) is 6.06. The van der Waals surface area contributed by atoms with Gasteiger partial charge in [-0.3, -0.25) is 0 Å². The van der Waals surface area contributed by atoms with Gasteiger partial charge in [0, 0.05) is 10.5 Å². The molecule has 0 aromatic heterocycles. The Labute approximate surface area is 129 Å². The summed E-state index contributed by atoms with van der Waals surface area (Å²) in [4.78, 5) is 0. The van der Waals surface area contributed by atoms with Crippen molar-refractivity contribution in [2.45, 2.75) is 51.0 Å². The molecule has 1 aromatic rings. The van der Waals surface area contributed by atoms with Crippen LogP contribution in [0.5, 0.6) is 0 Å². The first-order valence-corrected chi connectivity index (χ1v) is 8.69. The van der Waals surface area contributed by atoms with E-state index in [0.29, 0.717) is 5.92 Å². The molecule has 0 bridgehead atoms. The second-order valence-electron chi connectivity index (χ2n) is 6.43. The van der Waals surface area contributed by atoms with Crippen molar-refractivity contribution in [3.8, 4) is 0 Å². The Morgan fingerprint density at radius 2 is 1.95 bits per heavy atom. The van der Waals surface area contributed by atoms with Gasteiger partial charge in [0.1, 0.15) is 5.82 Å². The van der Waals surface area contributed by atoms with Crippen molar-refractivity contribution in [1.82, 2.24) is 5.32 Å². The predicted molar refractivity (Wildman–Crippen MR) is 84.3 cm³/mol. The van der Waals surface area contributed by atoms with Gasteiger partial charge in [0.2, 0.25) is 0 Å². The van der Waals surface area contributed by atoms with Crippen LogP contribution in [0.1, 0.15) is 44.1 Å². The highest BCUT2D eigenvalue weighted by molar-refractivity contribution is 9.10. The lowest BCUT2D eigenvalue weighted by Crippen LogP contribution is -2.30. The molecule has 0 saturated heterocycles. The summed E-state index contributed by atoms with van der Waals surface area (Å²) in [5, 5.41) is 3.65. The van der Waals surface area contributed by atoms with E-state index in [1.54, 1.807) is 12.1 Å². The molecule has 0 radical (unpaired) electrons. The van der Waals surface area contributed by atoms with Crippen LogP contribution in [-0.4, -0.2) is 12.6 Å². The van der Waals surface area contributed by atoms with Crippen molar-refractivity contribution in [3.63, 3.8) is 0 Å². The molecule has 2 aliphatic rings. The minimum Gasteiger partial charge on any atom is -0.314 e. The molecule has 2 aliphatic carbocycles. The maximum absolute atomic E-state index is 14.0. The molecule has 0 spiro atoms. The minimum absolute atomic E-state index is 0.0531. The molecular formula is C17H23BrFN. The van der Waals surface area contributed by atoms with Crippen molar-refractivity contribution in [3.05, 3.63) is 34.1 Å². The summed E-state index contributed by atoms with van der Waals surface area (Å²) >= 11 is 3.46. The molecule has 1 N–H and O–H groups in total. The largest absolute Gasteiger partial charge is 0.314 e. The molecule has 0 amide bonds. The Bertz CT molecular complexity index is 452.